The van der Waals surface area contributed by atoms with Crippen LogP contribution in [0.4, 0.5) is 0 Å². The van der Waals surface area contributed by atoms with Crippen LogP contribution in [0, 0.1) is 0 Å². The zero-order valence-corrected chi connectivity index (χ0v) is 17.4. The molecule has 0 unspecified atom stereocenters. The standard InChI is InChI=1S/C20H23BrN2O3S/c21-16-5-1-4-15(14-16)20(8-11-26-12-9-20)23-18(24)7-2-10-22-19(25)17-6-3-13-27-17/h1,3-6,13-14H,2,7-12H2,(H,22,25)(H,23,24). The molecule has 1 aliphatic heterocycles. The highest BCUT2D eigenvalue weighted by Crippen LogP contribution is 2.33. The van der Waals surface area contributed by atoms with Crippen molar-refractivity contribution in [1.82, 2.24) is 10.6 Å². The summed E-state index contributed by atoms with van der Waals surface area (Å²) in [7, 11) is 0. The number of benzene rings is 1. The van der Waals surface area contributed by atoms with Gasteiger partial charge in [0.25, 0.3) is 5.91 Å². The number of thiophene rings is 1. The summed E-state index contributed by atoms with van der Waals surface area (Å²) in [5, 5.41) is 7.97. The van der Waals surface area contributed by atoms with Crippen LogP contribution in [0.2, 0.25) is 0 Å². The molecular weight excluding hydrogens is 428 g/mol. The van der Waals surface area contributed by atoms with Crippen molar-refractivity contribution in [3.8, 4) is 0 Å². The molecule has 0 radical (unpaired) electrons. The molecule has 1 aromatic carbocycles. The number of ether oxygens (including phenoxy) is 1. The first-order chi connectivity index (χ1) is 13.1. The van der Waals surface area contributed by atoms with E-state index in [9.17, 15) is 9.59 Å². The monoisotopic (exact) mass is 450 g/mol. The fourth-order valence-corrected chi connectivity index (χ4v) is 4.31. The van der Waals surface area contributed by atoms with Crippen LogP contribution < -0.4 is 10.6 Å². The molecule has 1 saturated heterocycles. The zero-order valence-electron chi connectivity index (χ0n) is 15.0. The topological polar surface area (TPSA) is 67.4 Å². The van der Waals surface area contributed by atoms with Crippen LogP contribution in [0.3, 0.4) is 0 Å². The number of amides is 2. The fraction of sp³-hybridized carbons (Fsp3) is 0.400. The Morgan fingerprint density at radius 1 is 1.19 bits per heavy atom. The van der Waals surface area contributed by atoms with Crippen molar-refractivity contribution in [2.24, 2.45) is 0 Å². The molecule has 1 aromatic heterocycles. The second-order valence-corrected chi connectivity index (χ2v) is 8.45. The lowest BCUT2D eigenvalue weighted by Crippen LogP contribution is -2.49. The van der Waals surface area contributed by atoms with Crippen molar-refractivity contribution in [2.45, 2.75) is 31.2 Å². The fourth-order valence-electron chi connectivity index (χ4n) is 3.27. The molecule has 0 bridgehead atoms. The predicted molar refractivity (Wildman–Crippen MR) is 110 cm³/mol. The van der Waals surface area contributed by atoms with Crippen LogP contribution in [-0.4, -0.2) is 31.6 Å². The molecule has 7 heteroatoms. The first kappa shape index (κ1) is 20.0. The summed E-state index contributed by atoms with van der Waals surface area (Å²) >= 11 is 4.93. The molecule has 27 heavy (non-hydrogen) atoms. The third kappa shape index (κ3) is 5.40. The maximum Gasteiger partial charge on any atom is 0.261 e. The van der Waals surface area contributed by atoms with E-state index in [4.69, 9.17) is 4.74 Å². The van der Waals surface area contributed by atoms with Gasteiger partial charge in [0.1, 0.15) is 0 Å². The SMILES string of the molecule is O=C(CCCNC(=O)c1cccs1)NC1(c2cccc(Br)c2)CCOCC1. The Hall–Kier alpha value is -1.70. The van der Waals surface area contributed by atoms with Gasteiger partial charge in [-0.15, -0.1) is 11.3 Å². The van der Waals surface area contributed by atoms with Crippen LogP contribution in [0.5, 0.6) is 0 Å². The van der Waals surface area contributed by atoms with Crippen molar-refractivity contribution in [3.63, 3.8) is 0 Å². The van der Waals surface area contributed by atoms with Gasteiger partial charge in [0, 0.05) is 30.7 Å². The third-order valence-electron chi connectivity index (χ3n) is 4.71. The van der Waals surface area contributed by atoms with Crippen LogP contribution in [0.15, 0.2) is 46.3 Å². The average molecular weight is 451 g/mol. The molecule has 1 aliphatic rings. The lowest BCUT2D eigenvalue weighted by Gasteiger charge is -2.38. The smallest absolute Gasteiger partial charge is 0.261 e. The predicted octanol–water partition coefficient (Wildman–Crippen LogP) is 3.84. The van der Waals surface area contributed by atoms with E-state index in [1.807, 2.05) is 23.6 Å². The van der Waals surface area contributed by atoms with Gasteiger partial charge in [-0.25, -0.2) is 0 Å². The Labute approximate surface area is 171 Å². The van der Waals surface area contributed by atoms with Gasteiger partial charge in [-0.3, -0.25) is 9.59 Å². The number of rotatable bonds is 7. The summed E-state index contributed by atoms with van der Waals surface area (Å²) in [4.78, 5) is 25.2. The van der Waals surface area contributed by atoms with Gasteiger partial charge >= 0.3 is 0 Å². The highest BCUT2D eigenvalue weighted by molar-refractivity contribution is 9.10. The first-order valence-corrected chi connectivity index (χ1v) is 10.7. The van der Waals surface area contributed by atoms with E-state index >= 15 is 0 Å². The van der Waals surface area contributed by atoms with Crippen LogP contribution in [0.1, 0.15) is 40.9 Å². The van der Waals surface area contributed by atoms with Crippen molar-refractivity contribution >= 4 is 39.1 Å². The molecule has 3 rings (SSSR count). The van der Waals surface area contributed by atoms with E-state index in [0.29, 0.717) is 37.5 Å². The molecule has 0 spiro atoms. The van der Waals surface area contributed by atoms with E-state index < -0.39 is 0 Å². The Morgan fingerprint density at radius 3 is 2.70 bits per heavy atom. The molecule has 2 N–H and O–H groups in total. The van der Waals surface area contributed by atoms with Gasteiger partial charge in [0.15, 0.2) is 0 Å². The minimum Gasteiger partial charge on any atom is -0.381 e. The molecule has 0 saturated carbocycles. The number of hydrogen-bond donors (Lipinski definition) is 2. The Morgan fingerprint density at radius 2 is 2.00 bits per heavy atom. The van der Waals surface area contributed by atoms with Gasteiger partial charge < -0.3 is 15.4 Å². The van der Waals surface area contributed by atoms with Gasteiger partial charge in [0.2, 0.25) is 5.91 Å². The normalized spacial score (nSPS) is 15.9. The highest BCUT2D eigenvalue weighted by Gasteiger charge is 2.35. The van der Waals surface area contributed by atoms with E-state index in [2.05, 4.69) is 38.7 Å². The minimum absolute atomic E-state index is 0.00208. The number of halogens is 1. The Kier molecular flexibility index (Phi) is 7.04. The lowest BCUT2D eigenvalue weighted by atomic mass is 9.82. The quantitative estimate of drug-likeness (QED) is 0.629. The molecule has 2 amide bonds. The number of nitrogens with one attached hydrogen (secondary N) is 2. The second-order valence-electron chi connectivity index (χ2n) is 6.59. The molecule has 0 atom stereocenters. The summed E-state index contributed by atoms with van der Waals surface area (Å²) in [6, 6.07) is 11.7. The van der Waals surface area contributed by atoms with Gasteiger partial charge in [-0.1, -0.05) is 34.1 Å². The lowest BCUT2D eigenvalue weighted by molar-refractivity contribution is -0.124. The largest absolute Gasteiger partial charge is 0.381 e. The van der Waals surface area contributed by atoms with Crippen LogP contribution >= 0.6 is 27.3 Å². The van der Waals surface area contributed by atoms with Gasteiger partial charge in [-0.2, -0.15) is 0 Å². The van der Waals surface area contributed by atoms with E-state index in [1.165, 1.54) is 11.3 Å². The van der Waals surface area contributed by atoms with Gasteiger partial charge in [-0.05, 0) is 48.4 Å². The molecule has 144 valence electrons. The van der Waals surface area contributed by atoms with E-state index in [0.717, 1.165) is 22.9 Å². The zero-order chi connectivity index (χ0) is 19.1. The van der Waals surface area contributed by atoms with Crippen LogP contribution in [-0.2, 0) is 15.1 Å². The summed E-state index contributed by atoms with van der Waals surface area (Å²) in [5.74, 6) is -0.0808. The van der Waals surface area contributed by atoms with Crippen molar-refractivity contribution < 1.29 is 14.3 Å². The molecule has 2 heterocycles. The number of hydrogen-bond acceptors (Lipinski definition) is 4. The first-order valence-electron chi connectivity index (χ1n) is 9.06. The summed E-state index contributed by atoms with van der Waals surface area (Å²) in [6.45, 7) is 1.74. The summed E-state index contributed by atoms with van der Waals surface area (Å²) in [5.41, 5.74) is 0.707. The minimum atomic E-state index is -0.390. The number of carbonyl (C=O) groups is 2. The second kappa shape index (κ2) is 9.48. The molecule has 0 aliphatic carbocycles. The van der Waals surface area contributed by atoms with Crippen molar-refractivity contribution in [2.75, 3.05) is 19.8 Å². The van der Waals surface area contributed by atoms with E-state index in [1.54, 1.807) is 6.07 Å². The molecule has 5 nitrogen and oxygen atoms in total. The summed E-state index contributed by atoms with van der Waals surface area (Å²) in [6.07, 6.45) is 2.49. The Bertz CT molecular complexity index is 773. The Balaban J connectivity index is 1.53. The maximum absolute atomic E-state index is 12.6. The van der Waals surface area contributed by atoms with Crippen molar-refractivity contribution in [3.05, 3.63) is 56.7 Å². The number of carbonyl (C=O) groups excluding carboxylic acids is 2. The van der Waals surface area contributed by atoms with Crippen molar-refractivity contribution in [1.29, 1.82) is 0 Å². The third-order valence-corrected chi connectivity index (χ3v) is 6.08. The highest BCUT2D eigenvalue weighted by atomic mass is 79.9. The summed E-state index contributed by atoms with van der Waals surface area (Å²) < 4.78 is 6.51. The maximum atomic E-state index is 12.6. The molecule has 1 fully saturated rings. The van der Waals surface area contributed by atoms with Crippen LogP contribution in [0.25, 0.3) is 0 Å². The average Bonchev–Trinajstić information content (AvgIpc) is 3.21. The molecule has 2 aromatic rings. The molecular formula is C20H23BrN2O3S. The van der Waals surface area contributed by atoms with E-state index in [-0.39, 0.29) is 17.4 Å². The van der Waals surface area contributed by atoms with Gasteiger partial charge in [0.05, 0.1) is 10.4 Å².